The van der Waals surface area contributed by atoms with E-state index in [0.29, 0.717) is 5.41 Å². The van der Waals surface area contributed by atoms with Gasteiger partial charge < -0.3 is 19.5 Å². The quantitative estimate of drug-likeness (QED) is 0.863. The predicted octanol–water partition coefficient (Wildman–Crippen LogP) is 3.35. The third-order valence-corrected chi connectivity index (χ3v) is 5.70. The van der Waals surface area contributed by atoms with Crippen LogP contribution in [0, 0.1) is 5.41 Å². The number of amides is 1. The van der Waals surface area contributed by atoms with Crippen molar-refractivity contribution in [1.29, 1.82) is 0 Å². The molecular formula is C18H33NO4. The van der Waals surface area contributed by atoms with Gasteiger partial charge in [0.25, 0.3) is 0 Å². The lowest BCUT2D eigenvalue weighted by molar-refractivity contribution is -0.0898. The lowest BCUT2D eigenvalue weighted by atomic mass is 9.63. The molecule has 0 atom stereocenters. The number of aliphatic hydroxyl groups excluding tert-OH is 1. The van der Waals surface area contributed by atoms with E-state index < -0.39 is 5.60 Å². The Hall–Kier alpha value is -0.810. The van der Waals surface area contributed by atoms with Crippen molar-refractivity contribution in [2.75, 3.05) is 26.8 Å². The molecule has 0 bridgehead atoms. The lowest BCUT2D eigenvalue weighted by Crippen LogP contribution is -2.48. The molecule has 0 aromatic rings. The van der Waals surface area contributed by atoms with Gasteiger partial charge in [-0.25, -0.2) is 4.79 Å². The summed E-state index contributed by atoms with van der Waals surface area (Å²) < 4.78 is 11.2. The third-order valence-electron chi connectivity index (χ3n) is 5.70. The van der Waals surface area contributed by atoms with Crippen molar-refractivity contribution >= 4 is 6.09 Å². The molecule has 23 heavy (non-hydrogen) atoms. The highest BCUT2D eigenvalue weighted by atomic mass is 16.6. The molecule has 0 radical (unpaired) electrons. The van der Waals surface area contributed by atoms with Gasteiger partial charge in [-0.05, 0) is 71.1 Å². The second-order valence-electron chi connectivity index (χ2n) is 8.33. The summed E-state index contributed by atoms with van der Waals surface area (Å²) in [7, 11) is 1.76. The maximum Gasteiger partial charge on any atom is 0.410 e. The molecule has 134 valence electrons. The molecule has 1 N–H and O–H groups in total. The summed E-state index contributed by atoms with van der Waals surface area (Å²) in [6.07, 6.45) is 6.91. The van der Waals surface area contributed by atoms with Crippen LogP contribution in [0.1, 0.15) is 65.7 Å². The van der Waals surface area contributed by atoms with Crippen LogP contribution in [0.3, 0.4) is 0 Å². The first-order valence-corrected chi connectivity index (χ1v) is 8.87. The van der Waals surface area contributed by atoms with Gasteiger partial charge in [-0.1, -0.05) is 0 Å². The van der Waals surface area contributed by atoms with Gasteiger partial charge >= 0.3 is 6.09 Å². The minimum Gasteiger partial charge on any atom is -0.444 e. The zero-order valence-electron chi connectivity index (χ0n) is 15.2. The molecule has 0 aromatic carbocycles. The fourth-order valence-electron chi connectivity index (χ4n) is 3.99. The Morgan fingerprint density at radius 3 is 2.09 bits per heavy atom. The maximum atomic E-state index is 12.2. The molecule has 0 aromatic heterocycles. The zero-order valence-corrected chi connectivity index (χ0v) is 15.2. The van der Waals surface area contributed by atoms with Gasteiger partial charge in [0.2, 0.25) is 0 Å². The maximum absolute atomic E-state index is 12.2. The molecule has 1 aliphatic heterocycles. The number of carbonyl (C=O) groups is 1. The van der Waals surface area contributed by atoms with E-state index in [0.717, 1.165) is 58.0 Å². The van der Waals surface area contributed by atoms with Crippen LogP contribution in [-0.4, -0.2) is 54.1 Å². The molecule has 5 heteroatoms. The topological polar surface area (TPSA) is 59.0 Å². The highest BCUT2D eigenvalue weighted by molar-refractivity contribution is 5.68. The second-order valence-corrected chi connectivity index (χ2v) is 8.33. The van der Waals surface area contributed by atoms with Gasteiger partial charge in [-0.2, -0.15) is 0 Å². The Morgan fingerprint density at radius 2 is 1.65 bits per heavy atom. The average molecular weight is 327 g/mol. The number of piperidine rings is 1. The highest BCUT2D eigenvalue weighted by Crippen LogP contribution is 2.49. The first kappa shape index (κ1) is 18.5. The zero-order chi connectivity index (χ0) is 17.1. The van der Waals surface area contributed by atoms with Crippen LogP contribution >= 0.6 is 0 Å². The number of hydrogen-bond acceptors (Lipinski definition) is 4. The van der Waals surface area contributed by atoms with Crippen LogP contribution in [0.25, 0.3) is 0 Å². The van der Waals surface area contributed by atoms with E-state index in [1.165, 1.54) is 0 Å². The lowest BCUT2D eigenvalue weighted by Gasteiger charge is -2.49. The van der Waals surface area contributed by atoms with Gasteiger partial charge in [-0.3, -0.25) is 0 Å². The molecule has 1 aliphatic carbocycles. The van der Waals surface area contributed by atoms with Crippen molar-refractivity contribution in [3.05, 3.63) is 0 Å². The number of carbonyl (C=O) groups excluding carboxylic acids is 1. The summed E-state index contributed by atoms with van der Waals surface area (Å²) in [5, 5.41) is 9.27. The van der Waals surface area contributed by atoms with E-state index >= 15 is 0 Å². The van der Waals surface area contributed by atoms with Crippen molar-refractivity contribution in [2.45, 2.75) is 76.9 Å². The molecule has 2 aliphatic rings. The van der Waals surface area contributed by atoms with Crippen LogP contribution in [-0.2, 0) is 9.47 Å². The van der Waals surface area contributed by atoms with E-state index in [1.807, 2.05) is 25.7 Å². The Balaban J connectivity index is 1.86. The van der Waals surface area contributed by atoms with E-state index in [9.17, 15) is 9.90 Å². The van der Waals surface area contributed by atoms with E-state index in [1.54, 1.807) is 7.11 Å². The van der Waals surface area contributed by atoms with Crippen LogP contribution in [0.2, 0.25) is 0 Å². The minimum absolute atomic E-state index is 0.137. The summed E-state index contributed by atoms with van der Waals surface area (Å²) in [4.78, 5) is 14.0. The second kappa shape index (κ2) is 6.98. The molecule has 5 nitrogen and oxygen atoms in total. The van der Waals surface area contributed by atoms with Crippen LogP contribution in [0.15, 0.2) is 0 Å². The largest absolute Gasteiger partial charge is 0.444 e. The van der Waals surface area contributed by atoms with Gasteiger partial charge in [0, 0.05) is 26.8 Å². The monoisotopic (exact) mass is 327 g/mol. The Bertz CT molecular complexity index is 398. The summed E-state index contributed by atoms with van der Waals surface area (Å²) in [6.45, 7) is 7.48. The number of nitrogens with zero attached hydrogens (tertiary/aromatic N) is 1. The Labute approximate surface area is 140 Å². The van der Waals surface area contributed by atoms with Gasteiger partial charge in [0.15, 0.2) is 0 Å². The standard InChI is InChI=1S/C18H33NO4/c1-16(2,3)23-15(21)19-12-9-17(10-13-19)5-7-18(22-4,8-6-17)11-14-20/h20H,5-14H2,1-4H3. The molecular weight excluding hydrogens is 294 g/mol. The molecule has 1 spiro atoms. The van der Waals surface area contributed by atoms with Gasteiger partial charge in [0.05, 0.1) is 5.60 Å². The van der Waals surface area contributed by atoms with Crippen LogP contribution in [0.4, 0.5) is 4.79 Å². The molecule has 0 unspecified atom stereocenters. The number of hydrogen-bond donors (Lipinski definition) is 1. The van der Waals surface area contributed by atoms with Crippen molar-refractivity contribution < 1.29 is 19.4 Å². The first-order chi connectivity index (χ1) is 10.7. The molecule has 1 saturated heterocycles. The normalized spacial score (nSPS) is 23.8. The summed E-state index contributed by atoms with van der Waals surface area (Å²) in [5.74, 6) is 0. The summed E-state index contributed by atoms with van der Waals surface area (Å²) >= 11 is 0. The molecule has 2 rings (SSSR count). The van der Waals surface area contributed by atoms with E-state index in [4.69, 9.17) is 9.47 Å². The molecule has 1 saturated carbocycles. The Kier molecular flexibility index (Phi) is 5.62. The Morgan fingerprint density at radius 1 is 1.09 bits per heavy atom. The summed E-state index contributed by atoms with van der Waals surface area (Å²) in [5.41, 5.74) is -0.224. The number of aliphatic hydroxyl groups is 1. The van der Waals surface area contributed by atoms with Crippen molar-refractivity contribution in [1.82, 2.24) is 4.90 Å². The number of rotatable bonds is 3. The number of likely N-dealkylation sites (tertiary alicyclic amines) is 1. The fourth-order valence-corrected chi connectivity index (χ4v) is 3.99. The van der Waals surface area contributed by atoms with Crippen LogP contribution < -0.4 is 0 Å². The molecule has 1 heterocycles. The SMILES string of the molecule is COC1(CCO)CCC2(CCN(C(=O)OC(C)(C)C)CC2)CC1. The van der Waals surface area contributed by atoms with Gasteiger partial charge in [-0.15, -0.1) is 0 Å². The fraction of sp³-hybridized carbons (Fsp3) is 0.944. The van der Waals surface area contributed by atoms with Crippen molar-refractivity contribution in [3.8, 4) is 0 Å². The van der Waals surface area contributed by atoms with E-state index in [-0.39, 0.29) is 18.3 Å². The smallest absolute Gasteiger partial charge is 0.410 e. The first-order valence-electron chi connectivity index (χ1n) is 8.87. The predicted molar refractivity (Wildman–Crippen MR) is 89.4 cm³/mol. The number of ether oxygens (including phenoxy) is 2. The van der Waals surface area contributed by atoms with E-state index in [2.05, 4.69) is 0 Å². The average Bonchev–Trinajstić information content (AvgIpc) is 2.49. The van der Waals surface area contributed by atoms with Gasteiger partial charge in [0.1, 0.15) is 5.60 Å². The minimum atomic E-state index is -0.431. The number of methoxy groups -OCH3 is 1. The van der Waals surface area contributed by atoms with Crippen LogP contribution in [0.5, 0.6) is 0 Å². The van der Waals surface area contributed by atoms with Crippen molar-refractivity contribution in [2.24, 2.45) is 5.41 Å². The summed E-state index contributed by atoms with van der Waals surface area (Å²) in [6, 6.07) is 0. The molecule has 2 fully saturated rings. The molecule has 1 amide bonds. The highest BCUT2D eigenvalue weighted by Gasteiger charge is 2.44. The van der Waals surface area contributed by atoms with Crippen molar-refractivity contribution in [3.63, 3.8) is 0 Å². The third kappa shape index (κ3) is 4.60.